The molecule has 0 radical (unpaired) electrons. The van der Waals surface area contributed by atoms with Gasteiger partial charge in [0.05, 0.1) is 12.7 Å². The van der Waals surface area contributed by atoms with Crippen molar-refractivity contribution in [3.63, 3.8) is 0 Å². The molecule has 3 nitrogen and oxygen atoms in total. The molecule has 1 heterocycles. The zero-order valence-corrected chi connectivity index (χ0v) is 13.4. The number of hydrogen-bond donors (Lipinski definition) is 2. The molecule has 0 aromatic heterocycles. The van der Waals surface area contributed by atoms with Crippen molar-refractivity contribution in [1.82, 2.24) is 4.90 Å². The number of piperidine rings is 1. The Hall–Kier alpha value is -1.68. The van der Waals surface area contributed by atoms with Gasteiger partial charge in [-0.25, -0.2) is 0 Å². The van der Waals surface area contributed by atoms with Gasteiger partial charge in [0.15, 0.2) is 0 Å². The highest BCUT2D eigenvalue weighted by Crippen LogP contribution is 2.31. The summed E-state index contributed by atoms with van der Waals surface area (Å²) in [5, 5.41) is 19.6. The van der Waals surface area contributed by atoms with Crippen LogP contribution in [-0.4, -0.2) is 28.2 Å². The van der Waals surface area contributed by atoms with Crippen LogP contribution in [0.5, 0.6) is 0 Å². The number of benzene rings is 2. The Balaban J connectivity index is 1.51. The van der Waals surface area contributed by atoms with Gasteiger partial charge in [0.2, 0.25) is 0 Å². The van der Waals surface area contributed by atoms with Gasteiger partial charge in [0, 0.05) is 6.54 Å². The second kappa shape index (κ2) is 7.73. The van der Waals surface area contributed by atoms with E-state index in [1.54, 1.807) is 0 Å². The Morgan fingerprint density at radius 3 is 2.13 bits per heavy atom. The molecule has 2 aromatic carbocycles. The summed E-state index contributed by atoms with van der Waals surface area (Å²) in [7, 11) is 0. The first-order valence-electron chi connectivity index (χ1n) is 8.40. The zero-order chi connectivity index (χ0) is 16.1. The molecule has 1 atom stereocenters. The molecule has 0 bridgehead atoms. The zero-order valence-electron chi connectivity index (χ0n) is 13.4. The van der Waals surface area contributed by atoms with E-state index in [4.69, 9.17) is 5.11 Å². The third kappa shape index (κ3) is 4.20. The van der Waals surface area contributed by atoms with E-state index < -0.39 is 0 Å². The Morgan fingerprint density at radius 1 is 0.913 bits per heavy atom. The minimum Gasteiger partial charge on any atom is -0.392 e. The molecule has 2 aromatic rings. The van der Waals surface area contributed by atoms with Crippen molar-refractivity contribution in [2.24, 2.45) is 5.92 Å². The van der Waals surface area contributed by atoms with Crippen LogP contribution in [0.15, 0.2) is 54.6 Å². The largest absolute Gasteiger partial charge is 0.392 e. The van der Waals surface area contributed by atoms with Gasteiger partial charge in [-0.15, -0.1) is 0 Å². The highest BCUT2D eigenvalue weighted by molar-refractivity contribution is 5.22. The Kier molecular flexibility index (Phi) is 5.44. The van der Waals surface area contributed by atoms with Crippen molar-refractivity contribution < 1.29 is 10.2 Å². The van der Waals surface area contributed by atoms with Crippen LogP contribution in [0.25, 0.3) is 0 Å². The fraction of sp³-hybridized carbons (Fsp3) is 0.400. The molecular formula is C20H25NO2. The summed E-state index contributed by atoms with van der Waals surface area (Å²) in [6.07, 6.45) is 1.72. The van der Waals surface area contributed by atoms with Crippen LogP contribution in [0.2, 0.25) is 0 Å². The summed E-state index contributed by atoms with van der Waals surface area (Å²) in [6, 6.07) is 18.2. The number of hydrogen-bond acceptors (Lipinski definition) is 3. The van der Waals surface area contributed by atoms with Gasteiger partial charge in [0.1, 0.15) is 0 Å². The average molecular weight is 311 g/mol. The number of likely N-dealkylation sites (tertiary alicyclic amines) is 1. The molecule has 122 valence electrons. The molecule has 0 saturated carbocycles. The number of aliphatic hydroxyl groups excluding tert-OH is 2. The summed E-state index contributed by atoms with van der Waals surface area (Å²) in [5.41, 5.74) is 3.27. The van der Waals surface area contributed by atoms with Crippen molar-refractivity contribution in [1.29, 1.82) is 0 Å². The summed E-state index contributed by atoms with van der Waals surface area (Å²) >= 11 is 0. The van der Waals surface area contributed by atoms with Gasteiger partial charge >= 0.3 is 0 Å². The summed E-state index contributed by atoms with van der Waals surface area (Å²) in [5.74, 6) is 0.352. The smallest absolute Gasteiger partial charge is 0.0819 e. The average Bonchev–Trinajstić information content (AvgIpc) is 2.63. The maximum atomic E-state index is 10.5. The molecular weight excluding hydrogens is 286 g/mol. The predicted molar refractivity (Wildman–Crippen MR) is 91.8 cm³/mol. The molecule has 0 aliphatic carbocycles. The first-order chi connectivity index (χ1) is 11.3. The predicted octanol–water partition coefficient (Wildman–Crippen LogP) is 3.12. The van der Waals surface area contributed by atoms with E-state index in [-0.39, 0.29) is 12.7 Å². The highest BCUT2D eigenvalue weighted by atomic mass is 16.3. The Labute approximate surface area is 138 Å². The number of nitrogens with zero attached hydrogens (tertiary/aromatic N) is 1. The van der Waals surface area contributed by atoms with Crippen LogP contribution in [-0.2, 0) is 13.2 Å². The topological polar surface area (TPSA) is 43.7 Å². The molecule has 3 heteroatoms. The first-order valence-corrected chi connectivity index (χ1v) is 8.40. The number of aliphatic hydroxyl groups is 2. The highest BCUT2D eigenvalue weighted by Gasteiger charge is 2.26. The lowest BCUT2D eigenvalue weighted by Gasteiger charge is -2.34. The van der Waals surface area contributed by atoms with Crippen LogP contribution in [0, 0.1) is 5.92 Å². The lowest BCUT2D eigenvalue weighted by molar-refractivity contribution is 0.0568. The minimum atomic E-state index is -0.345. The van der Waals surface area contributed by atoms with Gasteiger partial charge in [-0.05, 0) is 48.5 Å². The van der Waals surface area contributed by atoms with Gasteiger partial charge in [-0.1, -0.05) is 54.6 Å². The standard InChI is InChI=1S/C20H25NO2/c22-15-17-8-6-16(7-9-17)14-21-12-10-19(11-13-21)20(23)18-4-2-1-3-5-18/h1-9,19-20,22-23H,10-15H2. The minimum absolute atomic E-state index is 0.100. The van der Waals surface area contributed by atoms with E-state index >= 15 is 0 Å². The van der Waals surface area contributed by atoms with E-state index in [1.165, 1.54) is 5.56 Å². The van der Waals surface area contributed by atoms with Gasteiger partial charge in [-0.2, -0.15) is 0 Å². The Morgan fingerprint density at radius 2 is 1.52 bits per heavy atom. The molecule has 1 saturated heterocycles. The third-order valence-electron chi connectivity index (χ3n) is 4.83. The van der Waals surface area contributed by atoms with Gasteiger partial charge in [0.25, 0.3) is 0 Å². The van der Waals surface area contributed by atoms with Crippen LogP contribution in [0.1, 0.15) is 35.6 Å². The monoisotopic (exact) mass is 311 g/mol. The third-order valence-corrected chi connectivity index (χ3v) is 4.83. The second-order valence-electron chi connectivity index (χ2n) is 6.44. The summed E-state index contributed by atoms with van der Waals surface area (Å²) in [6.45, 7) is 3.09. The van der Waals surface area contributed by atoms with Crippen molar-refractivity contribution in [2.45, 2.75) is 32.1 Å². The maximum Gasteiger partial charge on any atom is 0.0819 e. The van der Waals surface area contributed by atoms with Crippen LogP contribution >= 0.6 is 0 Å². The fourth-order valence-electron chi connectivity index (χ4n) is 3.36. The van der Waals surface area contributed by atoms with E-state index in [9.17, 15) is 5.11 Å². The lowest BCUT2D eigenvalue weighted by atomic mass is 9.87. The van der Waals surface area contributed by atoms with Gasteiger partial charge in [-0.3, -0.25) is 4.90 Å². The van der Waals surface area contributed by atoms with E-state index in [0.29, 0.717) is 5.92 Å². The van der Waals surface area contributed by atoms with Gasteiger partial charge < -0.3 is 10.2 Å². The molecule has 1 aliphatic heterocycles. The molecule has 1 aliphatic rings. The number of rotatable bonds is 5. The summed E-state index contributed by atoms with van der Waals surface area (Å²) < 4.78 is 0. The van der Waals surface area contributed by atoms with Crippen LogP contribution in [0.4, 0.5) is 0 Å². The molecule has 2 N–H and O–H groups in total. The maximum absolute atomic E-state index is 10.5. The molecule has 1 unspecified atom stereocenters. The quantitative estimate of drug-likeness (QED) is 0.891. The molecule has 0 spiro atoms. The normalized spacial score (nSPS) is 18.0. The summed E-state index contributed by atoms with van der Waals surface area (Å²) in [4.78, 5) is 2.45. The molecule has 23 heavy (non-hydrogen) atoms. The van der Waals surface area contributed by atoms with Crippen molar-refractivity contribution >= 4 is 0 Å². The van der Waals surface area contributed by atoms with Crippen molar-refractivity contribution in [3.8, 4) is 0 Å². The molecule has 0 amide bonds. The van der Waals surface area contributed by atoms with Crippen molar-refractivity contribution in [2.75, 3.05) is 13.1 Å². The first kappa shape index (κ1) is 16.2. The van der Waals surface area contributed by atoms with E-state index in [2.05, 4.69) is 17.0 Å². The molecule has 3 rings (SSSR count). The fourth-order valence-corrected chi connectivity index (χ4v) is 3.36. The Bertz CT molecular complexity index is 589. The second-order valence-corrected chi connectivity index (χ2v) is 6.44. The SMILES string of the molecule is OCc1ccc(CN2CCC(C(O)c3ccccc3)CC2)cc1. The van der Waals surface area contributed by atoms with Crippen LogP contribution < -0.4 is 0 Å². The lowest BCUT2D eigenvalue weighted by Crippen LogP contribution is -2.35. The van der Waals surface area contributed by atoms with Crippen LogP contribution in [0.3, 0.4) is 0 Å². The molecule has 1 fully saturated rings. The van der Waals surface area contributed by atoms with Crippen molar-refractivity contribution in [3.05, 3.63) is 71.3 Å². The van der Waals surface area contributed by atoms with E-state index in [0.717, 1.165) is 43.6 Å². The van der Waals surface area contributed by atoms with E-state index in [1.807, 2.05) is 42.5 Å².